The third-order valence-corrected chi connectivity index (χ3v) is 3.54. The Kier molecular flexibility index (Phi) is 6.65. The first kappa shape index (κ1) is 17.1. The number of hydrogen-bond acceptors (Lipinski definition) is 4. The monoisotopic (exact) mass is 318 g/mol. The lowest BCUT2D eigenvalue weighted by Gasteiger charge is -2.11. The highest BCUT2D eigenvalue weighted by molar-refractivity contribution is 5.79. The molecule has 0 atom stereocenters. The van der Waals surface area contributed by atoms with E-state index in [2.05, 4.69) is 46.7 Å². The summed E-state index contributed by atoms with van der Waals surface area (Å²) in [4.78, 5) is 4.66. The first-order chi connectivity index (χ1) is 11.3. The molecule has 0 aliphatic rings. The summed E-state index contributed by atoms with van der Waals surface area (Å²) in [6, 6.07) is 1.92. The molecule has 0 aliphatic heterocycles. The zero-order valence-corrected chi connectivity index (χ0v) is 14.2. The highest BCUT2D eigenvalue weighted by Gasteiger charge is 2.12. The highest BCUT2D eigenvalue weighted by Crippen LogP contribution is 2.16. The zero-order chi connectivity index (χ0) is 16.5. The van der Waals surface area contributed by atoms with Gasteiger partial charge in [0.1, 0.15) is 5.76 Å². The molecule has 7 nitrogen and oxygen atoms in total. The van der Waals surface area contributed by atoms with E-state index in [4.69, 9.17) is 4.52 Å². The van der Waals surface area contributed by atoms with E-state index in [0.717, 1.165) is 55.5 Å². The Morgan fingerprint density at radius 3 is 2.78 bits per heavy atom. The van der Waals surface area contributed by atoms with Crippen molar-refractivity contribution in [2.24, 2.45) is 4.99 Å². The fraction of sp³-hybridized carbons (Fsp3) is 0.562. The number of aryl methyl sites for hydroxylation is 2. The maximum atomic E-state index is 5.39. The third-order valence-electron chi connectivity index (χ3n) is 3.54. The van der Waals surface area contributed by atoms with Gasteiger partial charge in [-0.2, -0.15) is 5.10 Å². The van der Waals surface area contributed by atoms with Gasteiger partial charge in [0, 0.05) is 37.5 Å². The minimum atomic E-state index is 0.576. The molecule has 0 unspecified atom stereocenters. The molecule has 0 saturated heterocycles. The van der Waals surface area contributed by atoms with Crippen LogP contribution < -0.4 is 10.6 Å². The van der Waals surface area contributed by atoms with E-state index in [1.807, 2.05) is 16.9 Å². The Hall–Kier alpha value is -2.31. The number of aromatic nitrogens is 3. The van der Waals surface area contributed by atoms with Crippen molar-refractivity contribution in [1.29, 1.82) is 0 Å². The average Bonchev–Trinajstić information content (AvgIpc) is 3.21. The maximum Gasteiger partial charge on any atom is 0.191 e. The summed E-state index contributed by atoms with van der Waals surface area (Å²) in [6.45, 7) is 9.16. The van der Waals surface area contributed by atoms with E-state index in [9.17, 15) is 0 Å². The summed E-state index contributed by atoms with van der Waals surface area (Å²) in [5.74, 6) is 1.72. The van der Waals surface area contributed by atoms with Crippen LogP contribution in [0.1, 0.15) is 37.8 Å². The quantitative estimate of drug-likeness (QED) is 0.572. The molecule has 0 bridgehead atoms. The van der Waals surface area contributed by atoms with Gasteiger partial charge in [-0.05, 0) is 19.4 Å². The lowest BCUT2D eigenvalue weighted by Crippen LogP contribution is -2.38. The normalized spacial score (nSPS) is 11.7. The van der Waals surface area contributed by atoms with Crippen LogP contribution in [0.15, 0.2) is 28.0 Å². The predicted molar refractivity (Wildman–Crippen MR) is 90.3 cm³/mol. The largest absolute Gasteiger partial charge is 0.361 e. The second-order valence-electron chi connectivity index (χ2n) is 5.13. The number of aliphatic imine (C=N–C) groups is 1. The number of nitrogens with zero attached hydrogens (tertiary/aromatic N) is 4. The molecule has 0 saturated carbocycles. The van der Waals surface area contributed by atoms with Crippen LogP contribution in [0.25, 0.3) is 0 Å². The standard InChI is InChI=1S/C16H26N6O/c1-4-14-13(15(5-2)23-21-14)12-19-16(17-6-3)18-9-11-22-10-7-8-20-22/h7-8,10H,4-6,9,11-12H2,1-3H3,(H2,17,18,19). The Balaban J connectivity index is 1.96. The van der Waals surface area contributed by atoms with E-state index >= 15 is 0 Å². The number of hydrogen-bond donors (Lipinski definition) is 2. The average molecular weight is 318 g/mol. The molecule has 2 aromatic rings. The maximum absolute atomic E-state index is 5.39. The Bertz CT molecular complexity index is 581. The van der Waals surface area contributed by atoms with Crippen molar-refractivity contribution < 1.29 is 4.52 Å². The minimum Gasteiger partial charge on any atom is -0.361 e. The first-order valence-electron chi connectivity index (χ1n) is 8.24. The van der Waals surface area contributed by atoms with Crippen LogP contribution in [0.4, 0.5) is 0 Å². The molecule has 0 fully saturated rings. The summed E-state index contributed by atoms with van der Waals surface area (Å²) in [5.41, 5.74) is 2.11. The van der Waals surface area contributed by atoms with Gasteiger partial charge in [-0.3, -0.25) is 4.68 Å². The lowest BCUT2D eigenvalue weighted by molar-refractivity contribution is 0.380. The van der Waals surface area contributed by atoms with Crippen LogP contribution in [0.5, 0.6) is 0 Å². The van der Waals surface area contributed by atoms with E-state index in [1.54, 1.807) is 6.20 Å². The van der Waals surface area contributed by atoms with Crippen molar-refractivity contribution in [2.75, 3.05) is 13.1 Å². The van der Waals surface area contributed by atoms with Crippen LogP contribution in [0.3, 0.4) is 0 Å². The Labute approximate surface area is 137 Å². The molecular weight excluding hydrogens is 292 g/mol. The number of rotatable bonds is 8. The topological polar surface area (TPSA) is 80.3 Å². The summed E-state index contributed by atoms with van der Waals surface area (Å²) >= 11 is 0. The second-order valence-corrected chi connectivity index (χ2v) is 5.13. The molecule has 2 N–H and O–H groups in total. The minimum absolute atomic E-state index is 0.576. The third kappa shape index (κ3) is 4.84. The second kappa shape index (κ2) is 8.97. The first-order valence-corrected chi connectivity index (χ1v) is 8.24. The molecule has 126 valence electrons. The smallest absolute Gasteiger partial charge is 0.191 e. The van der Waals surface area contributed by atoms with Crippen LogP contribution in [0, 0.1) is 0 Å². The van der Waals surface area contributed by atoms with Crippen LogP contribution in [-0.4, -0.2) is 34.0 Å². The summed E-state index contributed by atoms with van der Waals surface area (Å²) in [7, 11) is 0. The van der Waals surface area contributed by atoms with Crippen molar-refractivity contribution in [3.05, 3.63) is 35.5 Å². The van der Waals surface area contributed by atoms with Gasteiger partial charge < -0.3 is 15.2 Å². The SMILES string of the molecule is CCNC(=NCc1c(CC)noc1CC)NCCn1cccn1. The summed E-state index contributed by atoms with van der Waals surface area (Å²) in [5, 5.41) is 14.9. The van der Waals surface area contributed by atoms with Gasteiger partial charge in [0.25, 0.3) is 0 Å². The molecule has 0 amide bonds. The van der Waals surface area contributed by atoms with Gasteiger partial charge in [-0.1, -0.05) is 19.0 Å². The van der Waals surface area contributed by atoms with Crippen LogP contribution in [-0.2, 0) is 25.9 Å². The molecular formula is C16H26N6O. The van der Waals surface area contributed by atoms with Gasteiger partial charge in [0.2, 0.25) is 0 Å². The van der Waals surface area contributed by atoms with Gasteiger partial charge in [0.05, 0.1) is 18.8 Å². The molecule has 0 aliphatic carbocycles. The number of guanidine groups is 1. The molecule has 2 heterocycles. The van der Waals surface area contributed by atoms with Gasteiger partial charge in [0.15, 0.2) is 5.96 Å². The van der Waals surface area contributed by atoms with Crippen molar-refractivity contribution in [3.63, 3.8) is 0 Å². The van der Waals surface area contributed by atoms with Gasteiger partial charge in [-0.25, -0.2) is 4.99 Å². The molecule has 2 rings (SSSR count). The Morgan fingerprint density at radius 1 is 1.26 bits per heavy atom. The van der Waals surface area contributed by atoms with Crippen molar-refractivity contribution >= 4 is 5.96 Å². The van der Waals surface area contributed by atoms with E-state index < -0.39 is 0 Å². The fourth-order valence-electron chi connectivity index (χ4n) is 2.34. The molecule has 2 aromatic heterocycles. The van der Waals surface area contributed by atoms with E-state index in [-0.39, 0.29) is 0 Å². The Morgan fingerprint density at radius 2 is 2.13 bits per heavy atom. The molecule has 23 heavy (non-hydrogen) atoms. The van der Waals surface area contributed by atoms with Gasteiger partial charge in [-0.15, -0.1) is 0 Å². The van der Waals surface area contributed by atoms with Crippen LogP contribution >= 0.6 is 0 Å². The van der Waals surface area contributed by atoms with E-state index in [0.29, 0.717) is 6.54 Å². The predicted octanol–water partition coefficient (Wildman–Crippen LogP) is 1.75. The van der Waals surface area contributed by atoms with Crippen molar-refractivity contribution in [1.82, 2.24) is 25.6 Å². The molecule has 0 aromatic carbocycles. The number of nitrogens with one attached hydrogen (secondary N) is 2. The molecule has 7 heteroatoms. The lowest BCUT2D eigenvalue weighted by atomic mass is 10.1. The van der Waals surface area contributed by atoms with Crippen molar-refractivity contribution in [3.8, 4) is 0 Å². The molecule has 0 spiro atoms. The van der Waals surface area contributed by atoms with Gasteiger partial charge >= 0.3 is 0 Å². The summed E-state index contributed by atoms with van der Waals surface area (Å²) in [6.07, 6.45) is 5.42. The zero-order valence-electron chi connectivity index (χ0n) is 14.2. The fourth-order valence-corrected chi connectivity index (χ4v) is 2.34. The molecule has 0 radical (unpaired) electrons. The van der Waals surface area contributed by atoms with Crippen molar-refractivity contribution in [2.45, 2.75) is 46.7 Å². The summed E-state index contributed by atoms with van der Waals surface area (Å²) < 4.78 is 7.28. The van der Waals surface area contributed by atoms with E-state index in [1.165, 1.54) is 0 Å². The van der Waals surface area contributed by atoms with Crippen LogP contribution in [0.2, 0.25) is 0 Å². The highest BCUT2D eigenvalue weighted by atomic mass is 16.5.